The van der Waals surface area contributed by atoms with Gasteiger partial charge in [-0.15, -0.1) is 0 Å². The molecule has 0 unspecified atom stereocenters. The lowest BCUT2D eigenvalue weighted by Crippen LogP contribution is -2.09. The molecule has 0 radical (unpaired) electrons. The number of nitrogens with zero attached hydrogens (tertiary/aromatic N) is 2. The second-order valence-corrected chi connectivity index (χ2v) is 4.42. The maximum Gasteiger partial charge on any atom is 0.223 e. The summed E-state index contributed by atoms with van der Waals surface area (Å²) in [5.74, 6) is 0.208. The number of rotatable bonds is 1. The lowest BCUT2D eigenvalue weighted by Gasteiger charge is -2.20. The van der Waals surface area contributed by atoms with Crippen LogP contribution < -0.4 is 4.74 Å². The van der Waals surface area contributed by atoms with Crippen molar-refractivity contribution in [2.45, 2.75) is 12.8 Å². The molecule has 2 aromatic rings. The van der Waals surface area contributed by atoms with Crippen molar-refractivity contribution in [1.82, 2.24) is 9.97 Å². The Labute approximate surface area is 109 Å². The molecule has 0 atom stereocenters. The van der Waals surface area contributed by atoms with E-state index in [0.717, 1.165) is 24.6 Å². The van der Waals surface area contributed by atoms with Crippen LogP contribution in [-0.4, -0.2) is 16.6 Å². The highest BCUT2D eigenvalue weighted by molar-refractivity contribution is 6.28. The minimum absolute atomic E-state index is 0.0276. The van der Waals surface area contributed by atoms with E-state index in [4.69, 9.17) is 16.3 Å². The molecular formula is C13H10ClFN2O. The van der Waals surface area contributed by atoms with E-state index in [1.54, 1.807) is 6.07 Å². The summed E-state index contributed by atoms with van der Waals surface area (Å²) >= 11 is 5.72. The number of fused-ring (bicyclic) bond motifs is 1. The fourth-order valence-corrected chi connectivity index (χ4v) is 2.24. The highest BCUT2D eigenvalue weighted by Crippen LogP contribution is 2.36. The normalized spacial score (nSPS) is 13.9. The van der Waals surface area contributed by atoms with Crippen LogP contribution >= 0.6 is 11.6 Å². The zero-order chi connectivity index (χ0) is 12.5. The largest absolute Gasteiger partial charge is 0.493 e. The Bertz CT molecular complexity index is 604. The first kappa shape index (κ1) is 11.4. The lowest BCUT2D eigenvalue weighted by molar-refractivity contribution is 0.289. The zero-order valence-corrected chi connectivity index (χ0v) is 10.2. The van der Waals surface area contributed by atoms with Gasteiger partial charge in [-0.3, -0.25) is 0 Å². The van der Waals surface area contributed by atoms with Gasteiger partial charge in [-0.05, 0) is 36.1 Å². The molecule has 92 valence electrons. The molecule has 0 bridgehead atoms. The van der Waals surface area contributed by atoms with Crippen LogP contribution in [-0.2, 0) is 6.42 Å². The first-order valence-electron chi connectivity index (χ1n) is 5.69. The first-order valence-corrected chi connectivity index (χ1v) is 6.06. The van der Waals surface area contributed by atoms with Crippen molar-refractivity contribution < 1.29 is 9.13 Å². The molecule has 0 saturated heterocycles. The van der Waals surface area contributed by atoms with Crippen LogP contribution in [0.25, 0.3) is 11.3 Å². The predicted molar refractivity (Wildman–Crippen MR) is 66.3 cm³/mol. The van der Waals surface area contributed by atoms with Gasteiger partial charge in [0.15, 0.2) is 5.82 Å². The Morgan fingerprint density at radius 1 is 1.33 bits per heavy atom. The maximum atomic E-state index is 13.8. The molecule has 0 spiro atoms. The molecule has 5 heteroatoms. The van der Waals surface area contributed by atoms with E-state index >= 15 is 0 Å². The van der Waals surface area contributed by atoms with E-state index in [2.05, 4.69) is 9.97 Å². The molecule has 3 rings (SSSR count). The number of aromatic nitrogens is 2. The molecule has 0 N–H and O–H groups in total. The third-order valence-corrected chi connectivity index (χ3v) is 3.09. The van der Waals surface area contributed by atoms with Gasteiger partial charge in [0, 0.05) is 5.56 Å². The number of para-hydroxylation sites is 1. The van der Waals surface area contributed by atoms with E-state index in [-0.39, 0.29) is 11.0 Å². The molecule has 1 aromatic carbocycles. The molecule has 18 heavy (non-hydrogen) atoms. The molecule has 0 saturated carbocycles. The van der Waals surface area contributed by atoms with Crippen LogP contribution in [0.15, 0.2) is 24.4 Å². The Kier molecular flexibility index (Phi) is 2.88. The van der Waals surface area contributed by atoms with Crippen molar-refractivity contribution in [3.05, 3.63) is 41.1 Å². The summed E-state index contributed by atoms with van der Waals surface area (Å²) in [6.07, 6.45) is 2.99. The van der Waals surface area contributed by atoms with E-state index in [9.17, 15) is 4.39 Å². The number of halogens is 2. The summed E-state index contributed by atoms with van der Waals surface area (Å²) in [7, 11) is 0. The Balaban J connectivity index is 2.19. The molecule has 0 aliphatic carbocycles. The summed E-state index contributed by atoms with van der Waals surface area (Å²) in [6.45, 7) is 0.643. The Hall–Kier alpha value is -1.68. The van der Waals surface area contributed by atoms with Crippen LogP contribution in [0.3, 0.4) is 0 Å². The SMILES string of the molecule is Fc1cnc(Cl)nc1-c1cccc2c1OCCC2. The summed E-state index contributed by atoms with van der Waals surface area (Å²) in [6, 6.07) is 5.64. The summed E-state index contributed by atoms with van der Waals surface area (Å²) in [5, 5.41) is 0.0276. The van der Waals surface area contributed by atoms with Gasteiger partial charge in [-0.1, -0.05) is 12.1 Å². The molecule has 0 fully saturated rings. The number of benzene rings is 1. The highest BCUT2D eigenvalue weighted by atomic mass is 35.5. The molecular weight excluding hydrogens is 255 g/mol. The van der Waals surface area contributed by atoms with E-state index in [1.807, 2.05) is 12.1 Å². The van der Waals surface area contributed by atoms with Crippen molar-refractivity contribution in [2.24, 2.45) is 0 Å². The highest BCUT2D eigenvalue weighted by Gasteiger charge is 2.19. The quantitative estimate of drug-likeness (QED) is 0.742. The molecule has 1 aromatic heterocycles. The Morgan fingerprint density at radius 3 is 3.11 bits per heavy atom. The molecule has 1 aliphatic heterocycles. The second-order valence-electron chi connectivity index (χ2n) is 4.08. The van der Waals surface area contributed by atoms with E-state index in [0.29, 0.717) is 17.9 Å². The topological polar surface area (TPSA) is 35.0 Å². The number of ether oxygens (including phenoxy) is 1. The summed E-state index contributed by atoms with van der Waals surface area (Å²) in [5.41, 5.74) is 1.90. The van der Waals surface area contributed by atoms with Crippen LogP contribution in [0, 0.1) is 5.82 Å². The van der Waals surface area contributed by atoms with Gasteiger partial charge in [0.2, 0.25) is 5.28 Å². The van der Waals surface area contributed by atoms with Crippen molar-refractivity contribution >= 4 is 11.6 Å². The third kappa shape index (κ3) is 1.93. The minimum Gasteiger partial charge on any atom is -0.493 e. The molecule has 2 heterocycles. The van der Waals surface area contributed by atoms with Gasteiger partial charge >= 0.3 is 0 Å². The van der Waals surface area contributed by atoms with Crippen molar-refractivity contribution in [2.75, 3.05) is 6.61 Å². The smallest absolute Gasteiger partial charge is 0.223 e. The Morgan fingerprint density at radius 2 is 2.22 bits per heavy atom. The van der Waals surface area contributed by atoms with Gasteiger partial charge in [0.05, 0.1) is 12.8 Å². The van der Waals surface area contributed by atoms with Crippen molar-refractivity contribution in [1.29, 1.82) is 0 Å². The third-order valence-electron chi connectivity index (χ3n) is 2.90. The number of hydrogen-bond donors (Lipinski definition) is 0. The van der Waals surface area contributed by atoms with Crippen LogP contribution in [0.5, 0.6) is 5.75 Å². The van der Waals surface area contributed by atoms with Crippen LogP contribution in [0.4, 0.5) is 4.39 Å². The maximum absolute atomic E-state index is 13.8. The molecule has 1 aliphatic rings. The average Bonchev–Trinajstić information content (AvgIpc) is 2.41. The monoisotopic (exact) mass is 264 g/mol. The van der Waals surface area contributed by atoms with Gasteiger partial charge in [-0.25, -0.2) is 14.4 Å². The fourth-order valence-electron chi connectivity index (χ4n) is 2.11. The predicted octanol–water partition coefficient (Wildman–Crippen LogP) is 3.26. The van der Waals surface area contributed by atoms with Gasteiger partial charge in [0.25, 0.3) is 0 Å². The van der Waals surface area contributed by atoms with Gasteiger partial charge in [0.1, 0.15) is 11.4 Å². The zero-order valence-electron chi connectivity index (χ0n) is 9.49. The molecule has 3 nitrogen and oxygen atoms in total. The summed E-state index contributed by atoms with van der Waals surface area (Å²) < 4.78 is 19.4. The standard InChI is InChI=1S/C13H10ClFN2O/c14-13-16-7-10(15)11(17-13)9-5-1-3-8-4-2-6-18-12(8)9/h1,3,5,7H,2,4,6H2. The van der Waals surface area contributed by atoms with Crippen molar-refractivity contribution in [3.8, 4) is 17.0 Å². The minimum atomic E-state index is -0.498. The average molecular weight is 265 g/mol. The van der Waals surface area contributed by atoms with E-state index in [1.165, 1.54) is 0 Å². The lowest BCUT2D eigenvalue weighted by atomic mass is 10.0. The summed E-state index contributed by atoms with van der Waals surface area (Å²) in [4.78, 5) is 7.57. The van der Waals surface area contributed by atoms with E-state index < -0.39 is 5.82 Å². The second kappa shape index (κ2) is 4.53. The fraction of sp³-hybridized carbons (Fsp3) is 0.231. The van der Waals surface area contributed by atoms with Gasteiger partial charge < -0.3 is 4.74 Å². The van der Waals surface area contributed by atoms with Crippen LogP contribution in [0.2, 0.25) is 5.28 Å². The number of aryl methyl sites for hydroxylation is 1. The first-order chi connectivity index (χ1) is 8.75. The van der Waals surface area contributed by atoms with Crippen LogP contribution in [0.1, 0.15) is 12.0 Å². The molecule has 0 amide bonds. The number of hydrogen-bond acceptors (Lipinski definition) is 3. The van der Waals surface area contributed by atoms with Crippen molar-refractivity contribution in [3.63, 3.8) is 0 Å². The van der Waals surface area contributed by atoms with Gasteiger partial charge in [-0.2, -0.15) is 0 Å².